The van der Waals surface area contributed by atoms with E-state index in [1.807, 2.05) is 0 Å². The highest BCUT2D eigenvalue weighted by atomic mass is 16.5. The van der Waals surface area contributed by atoms with E-state index in [1.54, 1.807) is 29.2 Å². The van der Waals surface area contributed by atoms with Crippen LogP contribution < -0.4 is 0 Å². The van der Waals surface area contributed by atoms with Crippen LogP contribution in [0.3, 0.4) is 0 Å². The first-order valence-electron chi connectivity index (χ1n) is 8.84. The van der Waals surface area contributed by atoms with Gasteiger partial charge in [-0.1, -0.05) is 12.1 Å². The monoisotopic (exact) mass is 358 g/mol. The fourth-order valence-electron chi connectivity index (χ4n) is 3.19. The van der Waals surface area contributed by atoms with Crippen LogP contribution in [0.1, 0.15) is 52.8 Å². The highest BCUT2D eigenvalue weighted by Gasteiger charge is 2.35. The first-order chi connectivity index (χ1) is 12.5. The lowest BCUT2D eigenvalue weighted by atomic mass is 10.1. The molecule has 7 heteroatoms. The number of nitrogens with zero attached hydrogens (tertiary/aromatic N) is 2. The first kappa shape index (κ1) is 18.1. The maximum Gasteiger partial charge on any atom is 0.307 e. The molecular formula is C19H22N2O5. The summed E-state index contributed by atoms with van der Waals surface area (Å²) in [5.74, 6) is -0.993. The number of ether oxygens (including phenoxy) is 1. The molecular weight excluding hydrogens is 336 g/mol. The number of carbonyl (C=O) groups is 4. The van der Waals surface area contributed by atoms with Gasteiger partial charge in [0.25, 0.3) is 11.8 Å². The lowest BCUT2D eigenvalue weighted by Crippen LogP contribution is -2.36. The number of fused-ring (bicyclic) bond motifs is 1. The number of carbonyl (C=O) groups excluding carboxylic acids is 4. The minimum absolute atomic E-state index is 0.0481. The third-order valence-corrected chi connectivity index (χ3v) is 4.74. The molecule has 0 radical (unpaired) electrons. The van der Waals surface area contributed by atoms with E-state index in [1.165, 1.54) is 12.0 Å². The van der Waals surface area contributed by atoms with Crippen LogP contribution in [-0.4, -0.2) is 59.7 Å². The molecule has 7 nitrogen and oxygen atoms in total. The molecule has 0 atom stereocenters. The molecule has 1 aliphatic carbocycles. The zero-order chi connectivity index (χ0) is 18.7. The van der Waals surface area contributed by atoms with Crippen LogP contribution >= 0.6 is 0 Å². The Balaban J connectivity index is 1.51. The van der Waals surface area contributed by atoms with Crippen molar-refractivity contribution in [2.75, 3.05) is 20.2 Å². The number of hydrogen-bond acceptors (Lipinski definition) is 5. The van der Waals surface area contributed by atoms with Gasteiger partial charge in [0.15, 0.2) is 0 Å². The second kappa shape index (κ2) is 7.68. The lowest BCUT2D eigenvalue weighted by Gasteiger charge is -2.22. The summed E-state index contributed by atoms with van der Waals surface area (Å²) in [6.45, 7) is 0.566. The molecule has 3 rings (SSSR count). The molecule has 1 aromatic carbocycles. The standard InChI is InChI=1S/C19H22N2O5/c1-26-17(23)10-12-20(13-8-9-13)16(22)7-4-11-21-18(24)14-5-2-3-6-15(14)19(21)25/h2-3,5-6,13H,4,7-12H2,1H3. The number of methoxy groups -OCH3 is 1. The normalized spacial score (nSPS) is 15.8. The molecule has 26 heavy (non-hydrogen) atoms. The average molecular weight is 358 g/mol. The van der Waals surface area contributed by atoms with Gasteiger partial charge in [-0.2, -0.15) is 0 Å². The van der Waals surface area contributed by atoms with Crippen molar-refractivity contribution >= 4 is 23.7 Å². The number of esters is 1. The number of rotatable bonds is 8. The highest BCUT2D eigenvalue weighted by Crippen LogP contribution is 2.28. The van der Waals surface area contributed by atoms with Gasteiger partial charge < -0.3 is 9.64 Å². The van der Waals surface area contributed by atoms with E-state index in [9.17, 15) is 19.2 Å². The van der Waals surface area contributed by atoms with Crippen molar-refractivity contribution in [3.05, 3.63) is 35.4 Å². The fourth-order valence-corrected chi connectivity index (χ4v) is 3.19. The van der Waals surface area contributed by atoms with Gasteiger partial charge in [0.1, 0.15) is 0 Å². The van der Waals surface area contributed by atoms with Crippen molar-refractivity contribution in [3.8, 4) is 0 Å². The largest absolute Gasteiger partial charge is 0.469 e. The Bertz CT molecular complexity index is 706. The fraction of sp³-hybridized carbons (Fsp3) is 0.474. The number of benzene rings is 1. The third-order valence-electron chi connectivity index (χ3n) is 4.74. The molecule has 138 valence electrons. The Kier molecular flexibility index (Phi) is 5.35. The van der Waals surface area contributed by atoms with Gasteiger partial charge in [-0.05, 0) is 31.4 Å². The highest BCUT2D eigenvalue weighted by molar-refractivity contribution is 6.21. The second-order valence-corrected chi connectivity index (χ2v) is 6.56. The minimum Gasteiger partial charge on any atom is -0.469 e. The zero-order valence-electron chi connectivity index (χ0n) is 14.8. The molecule has 3 amide bonds. The van der Waals surface area contributed by atoms with Crippen LogP contribution in [0, 0.1) is 0 Å². The van der Waals surface area contributed by atoms with E-state index in [4.69, 9.17) is 0 Å². The van der Waals surface area contributed by atoms with Crippen LogP contribution in [0.2, 0.25) is 0 Å². The number of imide groups is 1. The van der Waals surface area contributed by atoms with Crippen LogP contribution in [0.5, 0.6) is 0 Å². The van der Waals surface area contributed by atoms with Crippen molar-refractivity contribution in [2.45, 2.75) is 38.1 Å². The molecule has 0 saturated heterocycles. The minimum atomic E-state index is -0.338. The Morgan fingerprint density at radius 2 is 1.73 bits per heavy atom. The molecule has 1 saturated carbocycles. The van der Waals surface area contributed by atoms with E-state index in [-0.39, 0.29) is 49.1 Å². The van der Waals surface area contributed by atoms with E-state index in [0.717, 1.165) is 12.8 Å². The Labute approximate surface area is 151 Å². The van der Waals surface area contributed by atoms with Crippen molar-refractivity contribution in [2.24, 2.45) is 0 Å². The van der Waals surface area contributed by atoms with Gasteiger partial charge in [-0.25, -0.2) is 0 Å². The summed E-state index contributed by atoms with van der Waals surface area (Å²) in [6, 6.07) is 6.94. The van der Waals surface area contributed by atoms with Crippen molar-refractivity contribution in [1.29, 1.82) is 0 Å². The molecule has 0 aromatic heterocycles. The molecule has 2 aliphatic rings. The Morgan fingerprint density at radius 1 is 1.12 bits per heavy atom. The van der Waals surface area contributed by atoms with Gasteiger partial charge in [-0.3, -0.25) is 24.1 Å². The summed E-state index contributed by atoms with van der Waals surface area (Å²) in [5, 5.41) is 0. The molecule has 0 spiro atoms. The molecule has 0 unspecified atom stereocenters. The molecule has 1 aliphatic heterocycles. The van der Waals surface area contributed by atoms with Crippen molar-refractivity contribution in [3.63, 3.8) is 0 Å². The van der Waals surface area contributed by atoms with Gasteiger partial charge in [0.05, 0.1) is 24.7 Å². The van der Waals surface area contributed by atoms with Crippen LogP contribution in [0.25, 0.3) is 0 Å². The van der Waals surface area contributed by atoms with Crippen LogP contribution in [0.15, 0.2) is 24.3 Å². The van der Waals surface area contributed by atoms with E-state index < -0.39 is 0 Å². The van der Waals surface area contributed by atoms with E-state index >= 15 is 0 Å². The summed E-state index contributed by atoms with van der Waals surface area (Å²) in [7, 11) is 1.33. The van der Waals surface area contributed by atoms with Crippen molar-refractivity contribution in [1.82, 2.24) is 9.80 Å². The van der Waals surface area contributed by atoms with Gasteiger partial charge in [0.2, 0.25) is 5.91 Å². The smallest absolute Gasteiger partial charge is 0.307 e. The van der Waals surface area contributed by atoms with E-state index in [0.29, 0.717) is 24.1 Å². The summed E-state index contributed by atoms with van der Waals surface area (Å²) in [5.41, 5.74) is 0.836. The predicted octanol–water partition coefficient (Wildman–Crippen LogP) is 1.62. The molecule has 0 bridgehead atoms. The Morgan fingerprint density at radius 3 is 2.27 bits per heavy atom. The van der Waals surface area contributed by atoms with Crippen LogP contribution in [0.4, 0.5) is 0 Å². The van der Waals surface area contributed by atoms with Crippen molar-refractivity contribution < 1.29 is 23.9 Å². The van der Waals surface area contributed by atoms with E-state index in [2.05, 4.69) is 4.74 Å². The lowest BCUT2D eigenvalue weighted by molar-refractivity contribution is -0.142. The molecule has 1 fully saturated rings. The third kappa shape index (κ3) is 3.76. The summed E-state index contributed by atoms with van der Waals surface area (Å²) >= 11 is 0. The van der Waals surface area contributed by atoms with Crippen LogP contribution in [-0.2, 0) is 14.3 Å². The number of hydrogen-bond donors (Lipinski definition) is 0. The Hall–Kier alpha value is -2.70. The molecule has 1 heterocycles. The second-order valence-electron chi connectivity index (χ2n) is 6.56. The maximum atomic E-state index is 12.5. The summed E-state index contributed by atoms with van der Waals surface area (Å²) < 4.78 is 4.62. The SMILES string of the molecule is COC(=O)CCN(C(=O)CCCN1C(=O)c2ccccc2C1=O)C1CC1. The zero-order valence-corrected chi connectivity index (χ0v) is 14.8. The topological polar surface area (TPSA) is 84.0 Å². The summed E-state index contributed by atoms with van der Waals surface area (Å²) in [6.07, 6.45) is 2.73. The molecule has 0 N–H and O–H groups in total. The summed E-state index contributed by atoms with van der Waals surface area (Å²) in [4.78, 5) is 51.3. The quantitative estimate of drug-likeness (QED) is 0.521. The predicted molar refractivity (Wildman–Crippen MR) is 92.4 cm³/mol. The molecule has 1 aromatic rings. The first-order valence-corrected chi connectivity index (χ1v) is 8.84. The maximum absolute atomic E-state index is 12.5. The van der Waals surface area contributed by atoms with Gasteiger partial charge >= 0.3 is 5.97 Å². The van der Waals surface area contributed by atoms with Gasteiger partial charge in [0, 0.05) is 25.6 Å². The van der Waals surface area contributed by atoms with Gasteiger partial charge in [-0.15, -0.1) is 0 Å². The average Bonchev–Trinajstić information content (AvgIpc) is 3.45. The number of amides is 3.